The highest BCUT2D eigenvalue weighted by Gasteiger charge is 2.30. The van der Waals surface area contributed by atoms with Crippen LogP contribution in [0.25, 0.3) is 0 Å². The van der Waals surface area contributed by atoms with Gasteiger partial charge in [0.05, 0.1) is 26.4 Å². The molecule has 4 N–H and O–H groups in total. The molecule has 16 nitrogen and oxygen atoms in total. The van der Waals surface area contributed by atoms with Gasteiger partial charge in [0.1, 0.15) is 25.4 Å². The third kappa shape index (κ3) is 113. The zero-order valence-electron chi connectivity index (χ0n) is 89.4. The first-order chi connectivity index (χ1) is 68.2. The van der Waals surface area contributed by atoms with Gasteiger partial charge in [0.15, 0.2) is 6.10 Å². The summed E-state index contributed by atoms with van der Waals surface area (Å²) in [5.41, 5.74) is 0. The normalized spacial score (nSPS) is 14.2. The molecule has 0 aliphatic carbocycles. The van der Waals surface area contributed by atoms with Crippen LogP contribution >= 0.6 is 15.6 Å². The summed E-state index contributed by atoms with van der Waals surface area (Å²) < 4.78 is 61.9. The largest absolute Gasteiger partial charge is 0.472 e. The van der Waals surface area contributed by atoms with Gasteiger partial charge in [-0.05, 0) is 154 Å². The number of esters is 3. The number of carbonyl (C=O) groups excluding carboxylic acids is 3. The van der Waals surface area contributed by atoms with E-state index in [2.05, 4.69) is 191 Å². The smallest absolute Gasteiger partial charge is 0.463 e. The molecule has 5 unspecified atom stereocenters. The summed E-state index contributed by atoms with van der Waals surface area (Å²) in [5.74, 6) is -1.54. The van der Waals surface area contributed by atoms with Gasteiger partial charge in [-0.15, -0.1) is 0 Å². The lowest BCUT2D eigenvalue weighted by molar-refractivity contribution is -0.161. The predicted octanol–water partition coefficient (Wildman–Crippen LogP) is 37.2. The molecule has 139 heavy (non-hydrogen) atoms. The Bertz CT molecular complexity index is 3210. The van der Waals surface area contributed by atoms with Gasteiger partial charge in [-0.3, -0.25) is 32.5 Å². The number of aliphatic hydroxyl groups excluding tert-OH is 2. The fourth-order valence-electron chi connectivity index (χ4n) is 16.3. The van der Waals surface area contributed by atoms with E-state index in [0.29, 0.717) is 19.3 Å². The van der Waals surface area contributed by atoms with Gasteiger partial charge >= 0.3 is 33.6 Å². The van der Waals surface area contributed by atoms with Gasteiger partial charge in [-0.2, -0.15) is 0 Å². The van der Waals surface area contributed by atoms with Crippen LogP contribution in [-0.2, 0) is 55.8 Å². The van der Waals surface area contributed by atoms with Crippen LogP contribution < -0.4 is 0 Å². The van der Waals surface area contributed by atoms with Gasteiger partial charge in [0, 0.05) is 19.3 Å². The summed E-state index contributed by atoms with van der Waals surface area (Å²) >= 11 is 0. The van der Waals surface area contributed by atoms with Crippen LogP contribution in [0.1, 0.15) is 522 Å². The average molecular weight is 1980 g/mol. The van der Waals surface area contributed by atoms with Crippen molar-refractivity contribution in [3.8, 4) is 0 Å². The standard InChI is InChI=1S/C121H212O16P2/c1-4-7-10-13-16-19-22-25-28-31-34-37-40-43-46-49-52-55-57-60-62-65-68-71-74-77-80-83-86-89-92-95-98-101-104-107-119(124)131-110-116(122)111-133-138(127,128)134-112-117(123)113-135-139(129,130)136-115-118(137-121(126)109-106-103-100-97-94-91-88-85-82-79-76-73-70-67-64-59-54-51-48-45-42-39-36-33-30-27-24-21-18-15-12-9-6-3)114-132-120(125)108-105-102-99-96-93-90-87-84-81-78-75-72-69-66-63-61-58-56-53-50-47-44-41-38-35-32-29-26-23-20-17-14-11-8-5-2/h7,9-10,12,16-21,25-30,34-39,43-48,116-118,122-123H,4-6,8,11,13-15,22-24,31-33,40-42,49-115H2,1-3H3,(H,127,128)(H,129,130)/b10-7-,12-9-,19-16-,20-17-,21-18-,28-25-,29-26-,30-27-,37-34-,38-35-,39-36-,46-43-,47-44-,48-45-. The monoisotopic (exact) mass is 1980 g/mol. The minimum Gasteiger partial charge on any atom is -0.463 e. The van der Waals surface area contributed by atoms with E-state index in [4.69, 9.17) is 32.3 Å². The second-order valence-electron chi connectivity index (χ2n) is 38.5. The van der Waals surface area contributed by atoms with Crippen LogP contribution in [0.5, 0.6) is 0 Å². The molecular weight excluding hydrogens is 1770 g/mol. The molecule has 5 atom stereocenters. The SMILES string of the molecule is CC/C=C\C/C=C\C/C=C\C/C=C\C/C=C\CCCCCCCCCCCCCCCCCCCCCC(=O)OCC(O)COP(=O)(O)OCC(O)COP(=O)(O)OCC(COC(=O)CCCCCCCCCCCCCCCCCCCCC/C=C\C/C=C\C/C=C\C/C=C\CCCCC)OC(=O)CCCCCCCCCCCCCCCCCCC/C=C\C/C=C\C/C=C\C/C=C\C/C=C\CC. The van der Waals surface area contributed by atoms with E-state index in [1.54, 1.807) is 0 Å². The second-order valence-corrected chi connectivity index (χ2v) is 41.4. The Morgan fingerprint density at radius 1 is 0.209 bits per heavy atom. The minimum atomic E-state index is -4.95. The molecule has 0 fully saturated rings. The van der Waals surface area contributed by atoms with Crippen LogP contribution in [0.2, 0.25) is 0 Å². The number of hydrogen-bond donors (Lipinski definition) is 4. The first kappa shape index (κ1) is 134. The fraction of sp³-hybridized carbons (Fsp3) is 0.744. The highest BCUT2D eigenvalue weighted by Crippen LogP contribution is 2.45. The number of phosphoric ester groups is 2. The summed E-state index contributed by atoms with van der Waals surface area (Å²) in [7, 11) is -9.82. The lowest BCUT2D eigenvalue weighted by atomic mass is 10.0. The Labute approximate surface area is 853 Å². The minimum absolute atomic E-state index is 0.105. The average Bonchev–Trinajstić information content (AvgIpc) is 0.891. The molecule has 0 aromatic carbocycles. The van der Waals surface area contributed by atoms with E-state index in [1.807, 2.05) is 0 Å². The number of unbranched alkanes of at least 4 members (excludes halogenated alkanes) is 58. The molecule has 0 saturated heterocycles. The Morgan fingerprint density at radius 2 is 0.381 bits per heavy atom. The Morgan fingerprint density at radius 3 is 0.604 bits per heavy atom. The second kappa shape index (κ2) is 112. The van der Waals surface area contributed by atoms with Gasteiger partial charge in [0.2, 0.25) is 0 Å². The van der Waals surface area contributed by atoms with Crippen LogP contribution in [0.15, 0.2) is 170 Å². The van der Waals surface area contributed by atoms with E-state index < -0.39 is 91.5 Å². The maximum atomic E-state index is 13.2. The van der Waals surface area contributed by atoms with Crippen molar-refractivity contribution in [2.24, 2.45) is 0 Å². The number of ether oxygens (including phenoxy) is 3. The molecule has 0 aliphatic rings. The number of carbonyl (C=O) groups is 3. The third-order valence-corrected chi connectivity index (χ3v) is 26.8. The molecule has 0 rings (SSSR count). The Hall–Kier alpha value is -5.09. The van der Waals surface area contributed by atoms with Crippen molar-refractivity contribution in [1.82, 2.24) is 0 Å². The maximum absolute atomic E-state index is 13.2. The van der Waals surface area contributed by atoms with Crippen molar-refractivity contribution in [3.05, 3.63) is 170 Å². The van der Waals surface area contributed by atoms with Crippen molar-refractivity contribution >= 4 is 33.6 Å². The summed E-state index contributed by atoms with van der Waals surface area (Å²) in [6, 6.07) is 0. The van der Waals surface area contributed by atoms with Crippen molar-refractivity contribution < 1.29 is 75.8 Å². The topological polar surface area (TPSA) is 231 Å². The quantitative estimate of drug-likeness (QED) is 0.0146. The summed E-state index contributed by atoms with van der Waals surface area (Å²) in [5, 5.41) is 20.9. The van der Waals surface area contributed by atoms with Crippen LogP contribution in [0, 0.1) is 0 Å². The van der Waals surface area contributed by atoms with Crippen LogP contribution in [0.3, 0.4) is 0 Å². The van der Waals surface area contributed by atoms with E-state index in [9.17, 15) is 43.5 Å². The van der Waals surface area contributed by atoms with Crippen LogP contribution in [-0.4, -0.2) is 95.9 Å². The zero-order valence-corrected chi connectivity index (χ0v) is 91.2. The predicted molar refractivity (Wildman–Crippen MR) is 592 cm³/mol. The van der Waals surface area contributed by atoms with E-state index in [-0.39, 0.29) is 19.3 Å². The number of hydrogen-bond acceptors (Lipinski definition) is 14. The van der Waals surface area contributed by atoms with E-state index in [1.165, 1.54) is 315 Å². The lowest BCUT2D eigenvalue weighted by Crippen LogP contribution is -2.30. The summed E-state index contributed by atoms with van der Waals surface area (Å²) in [6.07, 6.45) is 149. The molecule has 0 radical (unpaired) electrons. The molecule has 0 bridgehead atoms. The Balaban J connectivity index is 4.58. The van der Waals surface area contributed by atoms with Gasteiger partial charge in [0.25, 0.3) is 0 Å². The summed E-state index contributed by atoms with van der Waals surface area (Å²) in [6.45, 7) is 2.54. The van der Waals surface area contributed by atoms with E-state index in [0.717, 1.165) is 148 Å². The Kier molecular flexibility index (Phi) is 108. The van der Waals surface area contributed by atoms with Gasteiger partial charge < -0.3 is 34.2 Å². The number of rotatable bonds is 109. The fourth-order valence-corrected chi connectivity index (χ4v) is 17.9. The lowest BCUT2D eigenvalue weighted by Gasteiger charge is -2.21. The highest BCUT2D eigenvalue weighted by atomic mass is 31.2. The van der Waals surface area contributed by atoms with E-state index >= 15 is 0 Å². The molecule has 0 aliphatic heterocycles. The molecule has 0 saturated carbocycles. The molecule has 18 heteroatoms. The molecule has 0 aromatic rings. The number of phosphoric acid groups is 2. The van der Waals surface area contributed by atoms with Crippen molar-refractivity contribution in [2.75, 3.05) is 39.6 Å². The highest BCUT2D eigenvalue weighted by molar-refractivity contribution is 7.47. The van der Waals surface area contributed by atoms with Crippen molar-refractivity contribution in [3.63, 3.8) is 0 Å². The number of aliphatic hydroxyl groups is 2. The molecule has 0 aromatic heterocycles. The third-order valence-electron chi connectivity index (χ3n) is 24.9. The zero-order chi connectivity index (χ0) is 101. The first-order valence-electron chi connectivity index (χ1n) is 57.4. The van der Waals surface area contributed by atoms with Crippen molar-refractivity contribution in [2.45, 2.75) is 540 Å². The maximum Gasteiger partial charge on any atom is 0.472 e. The van der Waals surface area contributed by atoms with Crippen molar-refractivity contribution in [1.29, 1.82) is 0 Å². The van der Waals surface area contributed by atoms with Gasteiger partial charge in [-0.1, -0.05) is 518 Å². The molecule has 802 valence electrons. The first-order valence-corrected chi connectivity index (χ1v) is 60.4. The summed E-state index contributed by atoms with van der Waals surface area (Å²) in [4.78, 5) is 59.4. The molecular formula is C121H212O16P2. The number of allylic oxidation sites excluding steroid dienone is 28. The van der Waals surface area contributed by atoms with Crippen LogP contribution in [0.4, 0.5) is 0 Å². The molecule has 0 amide bonds. The molecule has 0 heterocycles. The van der Waals surface area contributed by atoms with Gasteiger partial charge in [-0.25, -0.2) is 9.13 Å². The molecule has 0 spiro atoms.